The number of nitrogens with zero attached hydrogens (tertiary/aromatic N) is 2. The van der Waals surface area contributed by atoms with Crippen molar-refractivity contribution in [1.29, 1.82) is 0 Å². The molecule has 14 heavy (non-hydrogen) atoms. The van der Waals surface area contributed by atoms with E-state index in [-0.39, 0.29) is 13.1 Å². The van der Waals surface area contributed by atoms with Crippen molar-refractivity contribution in [3.05, 3.63) is 0 Å². The third-order valence-corrected chi connectivity index (χ3v) is 1.90. The molecule has 0 heterocycles. The Balaban J connectivity index is 2.92. The maximum absolute atomic E-state index is 11.5. The van der Waals surface area contributed by atoms with Gasteiger partial charge in [0.05, 0.1) is 13.1 Å². The highest BCUT2D eigenvalue weighted by Gasteiger charge is 1.99. The number of hydrogen-bond donors (Lipinski definition) is 0. The Morgan fingerprint density at radius 3 is 1.07 bits per heavy atom. The molecule has 0 saturated carbocycles. The Bertz CT molecular complexity index is 108. The summed E-state index contributed by atoms with van der Waals surface area (Å²) in [5.41, 5.74) is 0. The quantitative estimate of drug-likeness (QED) is 0.331. The molecule has 0 aromatic rings. The normalized spacial score (nSPS) is 11.6. The molecule has 2 nitrogen and oxygen atoms in total. The minimum atomic E-state index is -0.829. The predicted octanol–water partition coefficient (Wildman–Crippen LogP) is 3.47. The third-order valence-electron chi connectivity index (χ3n) is 1.90. The Kier molecular flexibility index (Phi) is 8.97. The zero-order chi connectivity index (χ0) is 10.8. The maximum atomic E-state index is 11.5. The summed E-state index contributed by atoms with van der Waals surface area (Å²) in [6.45, 7) is -0.411. The molecule has 0 atom stereocenters. The molecule has 0 bridgehead atoms. The smallest absolute Gasteiger partial charge is 0.0620 e. The molecule has 0 aromatic heterocycles. The molecule has 0 saturated heterocycles. The van der Waals surface area contributed by atoms with E-state index in [2.05, 4.69) is 0 Å². The van der Waals surface area contributed by atoms with Crippen LogP contribution >= 0.6 is 0 Å². The second-order valence-electron chi connectivity index (χ2n) is 3.17. The molecule has 0 fully saturated rings. The second-order valence-corrected chi connectivity index (χ2v) is 3.17. The van der Waals surface area contributed by atoms with Crippen LogP contribution in [-0.4, -0.2) is 23.8 Å². The Morgan fingerprint density at radius 2 is 0.786 bits per heavy atom. The average molecular weight is 216 g/mol. The van der Waals surface area contributed by atoms with Crippen LogP contribution in [0.2, 0.25) is 0 Å². The van der Waals surface area contributed by atoms with E-state index in [9.17, 15) is 17.9 Å². The number of halogens is 4. The lowest BCUT2D eigenvalue weighted by atomic mass is 10.1. The van der Waals surface area contributed by atoms with E-state index in [1.807, 2.05) is 0 Å². The SMILES string of the molecule is FN(F)CCCCCCCCN(F)F. The van der Waals surface area contributed by atoms with Gasteiger partial charge in [0.1, 0.15) is 0 Å². The maximum Gasteiger partial charge on any atom is 0.0620 e. The molecule has 0 unspecified atom stereocenters. The van der Waals surface area contributed by atoms with Gasteiger partial charge in [-0.1, -0.05) is 25.7 Å². The van der Waals surface area contributed by atoms with Crippen molar-refractivity contribution in [3.63, 3.8) is 0 Å². The van der Waals surface area contributed by atoms with Crippen molar-refractivity contribution in [3.8, 4) is 0 Å². The Hall–Kier alpha value is -0.360. The van der Waals surface area contributed by atoms with Gasteiger partial charge >= 0.3 is 0 Å². The molecule has 0 aromatic carbocycles. The molecule has 0 radical (unpaired) electrons. The molecular formula is C8H16F4N2. The van der Waals surface area contributed by atoms with Gasteiger partial charge in [-0.3, -0.25) is 0 Å². The van der Waals surface area contributed by atoms with Crippen LogP contribution in [0.3, 0.4) is 0 Å². The van der Waals surface area contributed by atoms with Crippen LogP contribution < -0.4 is 0 Å². The number of unbranched alkanes of at least 4 members (excludes halogenated alkanes) is 5. The zero-order valence-corrected chi connectivity index (χ0v) is 8.06. The fraction of sp³-hybridized carbons (Fsp3) is 1.00. The molecule has 0 aliphatic rings. The largest absolute Gasteiger partial charge is 0.102 e. The van der Waals surface area contributed by atoms with E-state index < -0.39 is 10.7 Å². The summed E-state index contributed by atoms with van der Waals surface area (Å²) < 4.78 is 46.0. The summed E-state index contributed by atoms with van der Waals surface area (Å²) in [7, 11) is 0. The van der Waals surface area contributed by atoms with Crippen molar-refractivity contribution in [2.24, 2.45) is 0 Å². The van der Waals surface area contributed by atoms with Gasteiger partial charge in [0, 0.05) is 10.7 Å². The van der Waals surface area contributed by atoms with E-state index in [0.717, 1.165) is 25.7 Å². The number of rotatable bonds is 9. The van der Waals surface area contributed by atoms with Crippen molar-refractivity contribution >= 4 is 0 Å². The average Bonchev–Trinajstić information content (AvgIpc) is 2.08. The minimum absolute atomic E-state index is 0.206. The first kappa shape index (κ1) is 13.6. The van der Waals surface area contributed by atoms with E-state index >= 15 is 0 Å². The molecular weight excluding hydrogens is 200 g/mol. The summed E-state index contributed by atoms with van der Waals surface area (Å²) in [6.07, 6.45) is 4.08. The van der Waals surface area contributed by atoms with Crippen LogP contribution in [-0.2, 0) is 0 Å². The van der Waals surface area contributed by atoms with E-state index in [1.165, 1.54) is 0 Å². The summed E-state index contributed by atoms with van der Waals surface area (Å²) in [5.74, 6) is 0. The summed E-state index contributed by atoms with van der Waals surface area (Å²) in [4.78, 5) is 0. The number of hydrogen-bond acceptors (Lipinski definition) is 2. The fourth-order valence-electron chi connectivity index (χ4n) is 1.17. The van der Waals surface area contributed by atoms with Crippen LogP contribution in [0.4, 0.5) is 17.9 Å². The van der Waals surface area contributed by atoms with Crippen molar-refractivity contribution < 1.29 is 17.9 Å². The molecule has 0 amide bonds. The van der Waals surface area contributed by atoms with Crippen LogP contribution in [0.1, 0.15) is 38.5 Å². The monoisotopic (exact) mass is 216 g/mol. The first-order chi connectivity index (χ1) is 6.63. The summed E-state index contributed by atoms with van der Waals surface area (Å²) in [5, 5.41) is -1.66. The standard InChI is InChI=1S/C8H16F4N2/c9-13(10)7-5-3-1-2-4-6-8-14(11)12/h1-8H2. The molecule has 0 rings (SSSR count). The zero-order valence-electron chi connectivity index (χ0n) is 8.06. The predicted molar refractivity (Wildman–Crippen MR) is 45.5 cm³/mol. The van der Waals surface area contributed by atoms with Crippen LogP contribution in [0, 0.1) is 0 Å². The molecule has 0 aliphatic carbocycles. The van der Waals surface area contributed by atoms with Crippen LogP contribution in [0.15, 0.2) is 0 Å². The highest BCUT2D eigenvalue weighted by atomic mass is 19.4. The van der Waals surface area contributed by atoms with E-state index in [0.29, 0.717) is 12.8 Å². The van der Waals surface area contributed by atoms with Gasteiger partial charge in [-0.25, -0.2) is 0 Å². The minimum Gasteiger partial charge on any atom is -0.102 e. The van der Waals surface area contributed by atoms with Crippen molar-refractivity contribution in [2.75, 3.05) is 13.1 Å². The molecule has 0 spiro atoms. The van der Waals surface area contributed by atoms with Gasteiger partial charge in [0.15, 0.2) is 0 Å². The third kappa shape index (κ3) is 11.6. The van der Waals surface area contributed by atoms with Gasteiger partial charge in [-0.05, 0) is 12.8 Å². The second kappa shape index (κ2) is 9.21. The van der Waals surface area contributed by atoms with E-state index in [4.69, 9.17) is 0 Å². The van der Waals surface area contributed by atoms with Gasteiger partial charge < -0.3 is 0 Å². The lowest BCUT2D eigenvalue weighted by Gasteiger charge is -2.02. The highest BCUT2D eigenvalue weighted by molar-refractivity contribution is 4.46. The van der Waals surface area contributed by atoms with Gasteiger partial charge in [0.25, 0.3) is 0 Å². The lowest BCUT2D eigenvalue weighted by molar-refractivity contribution is -0.154. The van der Waals surface area contributed by atoms with Crippen LogP contribution in [0.25, 0.3) is 0 Å². The molecule has 0 N–H and O–H groups in total. The highest BCUT2D eigenvalue weighted by Crippen LogP contribution is 2.07. The van der Waals surface area contributed by atoms with Crippen molar-refractivity contribution in [2.45, 2.75) is 38.5 Å². The first-order valence-electron chi connectivity index (χ1n) is 4.81. The van der Waals surface area contributed by atoms with Gasteiger partial charge in [0.2, 0.25) is 0 Å². The summed E-state index contributed by atoms with van der Waals surface area (Å²) in [6, 6.07) is 0. The summed E-state index contributed by atoms with van der Waals surface area (Å²) >= 11 is 0. The van der Waals surface area contributed by atoms with Gasteiger partial charge in [-0.2, -0.15) is 0 Å². The molecule has 86 valence electrons. The fourth-order valence-corrected chi connectivity index (χ4v) is 1.17. The molecule has 0 aliphatic heterocycles. The first-order valence-corrected chi connectivity index (χ1v) is 4.81. The molecule has 6 heteroatoms. The van der Waals surface area contributed by atoms with Crippen LogP contribution in [0.5, 0.6) is 0 Å². The van der Waals surface area contributed by atoms with Crippen molar-refractivity contribution in [1.82, 2.24) is 10.7 Å². The Morgan fingerprint density at radius 1 is 0.500 bits per heavy atom. The van der Waals surface area contributed by atoms with E-state index in [1.54, 1.807) is 0 Å². The topological polar surface area (TPSA) is 6.48 Å². The Labute approximate surface area is 81.2 Å². The lowest BCUT2D eigenvalue weighted by Crippen LogP contribution is -2.03. The van der Waals surface area contributed by atoms with Gasteiger partial charge in [-0.15, -0.1) is 17.9 Å².